The zero-order valence-electron chi connectivity index (χ0n) is 12.0. The van der Waals surface area contributed by atoms with Crippen molar-refractivity contribution in [3.8, 4) is 5.69 Å². The summed E-state index contributed by atoms with van der Waals surface area (Å²) in [4.78, 5) is 11.4. The lowest BCUT2D eigenvalue weighted by atomic mass is 10.2. The summed E-state index contributed by atoms with van der Waals surface area (Å²) < 4.78 is 1.84. The Hall–Kier alpha value is -2.14. The molecule has 0 saturated heterocycles. The summed E-state index contributed by atoms with van der Waals surface area (Å²) in [7, 11) is 0. The summed E-state index contributed by atoms with van der Waals surface area (Å²) in [5.41, 5.74) is 2.28. The highest BCUT2D eigenvalue weighted by atomic mass is 16.2. The van der Waals surface area contributed by atoms with Gasteiger partial charge in [-0.15, -0.1) is 0 Å². The monoisotopic (exact) mass is 284 g/mol. The van der Waals surface area contributed by atoms with Crippen LogP contribution in [0.5, 0.6) is 0 Å². The van der Waals surface area contributed by atoms with Crippen LogP contribution in [0.15, 0.2) is 42.7 Å². The van der Waals surface area contributed by atoms with Gasteiger partial charge in [0.05, 0.1) is 5.69 Å². The number of hydrogen-bond donors (Lipinski definition) is 2. The third-order valence-electron chi connectivity index (χ3n) is 3.58. The average Bonchev–Trinajstić information content (AvgIpc) is 3.23. The average molecular weight is 284 g/mol. The molecular formula is C16H20N4O. The molecule has 1 aromatic carbocycles. The van der Waals surface area contributed by atoms with Crippen LogP contribution in [-0.2, 0) is 11.3 Å². The second kappa shape index (κ2) is 6.54. The van der Waals surface area contributed by atoms with Crippen molar-refractivity contribution in [2.24, 2.45) is 5.92 Å². The van der Waals surface area contributed by atoms with Gasteiger partial charge in [0.1, 0.15) is 0 Å². The molecule has 0 radical (unpaired) electrons. The molecule has 1 saturated carbocycles. The molecule has 110 valence electrons. The van der Waals surface area contributed by atoms with Crippen molar-refractivity contribution >= 4 is 5.91 Å². The van der Waals surface area contributed by atoms with Crippen molar-refractivity contribution in [3.05, 3.63) is 48.3 Å². The molecule has 2 aromatic rings. The van der Waals surface area contributed by atoms with Crippen LogP contribution in [0.3, 0.4) is 0 Å². The van der Waals surface area contributed by atoms with Gasteiger partial charge in [-0.2, -0.15) is 5.10 Å². The Kier molecular flexibility index (Phi) is 4.31. The van der Waals surface area contributed by atoms with Crippen LogP contribution < -0.4 is 10.6 Å². The maximum atomic E-state index is 11.4. The molecule has 1 aliphatic rings. The van der Waals surface area contributed by atoms with E-state index in [0.717, 1.165) is 31.6 Å². The third-order valence-corrected chi connectivity index (χ3v) is 3.58. The molecule has 3 rings (SSSR count). The number of hydrogen-bond acceptors (Lipinski definition) is 3. The molecule has 2 N–H and O–H groups in total. The van der Waals surface area contributed by atoms with Crippen LogP contribution in [0.2, 0.25) is 0 Å². The Bertz CT molecular complexity index is 573. The lowest BCUT2D eigenvalue weighted by molar-refractivity contribution is -0.122. The van der Waals surface area contributed by atoms with Gasteiger partial charge < -0.3 is 10.6 Å². The molecule has 0 spiro atoms. The van der Waals surface area contributed by atoms with Gasteiger partial charge in [-0.1, -0.05) is 12.1 Å². The van der Waals surface area contributed by atoms with Crippen LogP contribution in [0, 0.1) is 5.92 Å². The smallest absolute Gasteiger partial charge is 0.223 e. The highest BCUT2D eigenvalue weighted by Crippen LogP contribution is 2.28. The lowest BCUT2D eigenvalue weighted by Gasteiger charge is -2.07. The number of aromatic nitrogens is 2. The van der Waals surface area contributed by atoms with E-state index in [1.807, 2.05) is 16.9 Å². The number of carbonyl (C=O) groups is 1. The third kappa shape index (κ3) is 3.92. The summed E-state index contributed by atoms with van der Waals surface area (Å²) in [6.07, 6.45) is 5.81. The minimum atomic E-state index is 0.209. The molecule has 1 aliphatic carbocycles. The van der Waals surface area contributed by atoms with Gasteiger partial charge in [0.25, 0.3) is 0 Å². The standard InChI is InChI=1S/C16H20N4O/c21-16(14-4-5-14)18-10-9-17-12-13-2-6-15(7-3-13)20-11-1-8-19-20/h1-3,6-8,11,14,17H,4-5,9-10,12H2,(H,18,21). The molecular weight excluding hydrogens is 264 g/mol. The van der Waals surface area contributed by atoms with Crippen molar-refractivity contribution in [1.29, 1.82) is 0 Å². The SMILES string of the molecule is O=C(NCCNCc1ccc(-n2cccn2)cc1)C1CC1. The van der Waals surface area contributed by atoms with Crippen molar-refractivity contribution in [2.45, 2.75) is 19.4 Å². The van der Waals surface area contributed by atoms with Gasteiger partial charge >= 0.3 is 0 Å². The summed E-state index contributed by atoms with van der Waals surface area (Å²) >= 11 is 0. The van der Waals surface area contributed by atoms with Crippen LogP contribution in [0.4, 0.5) is 0 Å². The van der Waals surface area contributed by atoms with Gasteiger partial charge in [-0.05, 0) is 36.6 Å². The molecule has 1 fully saturated rings. The topological polar surface area (TPSA) is 59.0 Å². The van der Waals surface area contributed by atoms with E-state index >= 15 is 0 Å². The summed E-state index contributed by atoms with van der Waals surface area (Å²) in [5.74, 6) is 0.500. The normalized spacial score (nSPS) is 14.1. The molecule has 0 aliphatic heterocycles. The Labute approximate surface area is 124 Å². The first kappa shape index (κ1) is 13.8. The fraction of sp³-hybridized carbons (Fsp3) is 0.375. The molecule has 21 heavy (non-hydrogen) atoms. The fourth-order valence-electron chi connectivity index (χ4n) is 2.18. The van der Waals surface area contributed by atoms with Crippen molar-refractivity contribution in [2.75, 3.05) is 13.1 Å². The van der Waals surface area contributed by atoms with Crippen molar-refractivity contribution in [1.82, 2.24) is 20.4 Å². The van der Waals surface area contributed by atoms with Crippen molar-refractivity contribution < 1.29 is 4.79 Å². The molecule has 1 aromatic heterocycles. The van der Waals surface area contributed by atoms with E-state index < -0.39 is 0 Å². The van der Waals surface area contributed by atoms with Gasteiger partial charge in [-0.3, -0.25) is 4.79 Å². The van der Waals surface area contributed by atoms with E-state index in [2.05, 4.69) is 40.0 Å². The van der Waals surface area contributed by atoms with E-state index in [1.54, 1.807) is 6.20 Å². The number of carbonyl (C=O) groups excluding carboxylic acids is 1. The molecule has 0 unspecified atom stereocenters. The van der Waals surface area contributed by atoms with E-state index in [4.69, 9.17) is 0 Å². The number of nitrogens with one attached hydrogen (secondary N) is 2. The molecule has 5 nitrogen and oxygen atoms in total. The maximum Gasteiger partial charge on any atom is 0.223 e. The zero-order valence-corrected chi connectivity index (χ0v) is 12.0. The second-order valence-corrected chi connectivity index (χ2v) is 5.36. The van der Waals surface area contributed by atoms with Gasteiger partial charge in [0.15, 0.2) is 0 Å². The molecule has 0 bridgehead atoms. The Morgan fingerprint density at radius 1 is 1.24 bits per heavy atom. The summed E-state index contributed by atoms with van der Waals surface area (Å²) in [6, 6.07) is 10.2. The number of nitrogens with zero attached hydrogens (tertiary/aromatic N) is 2. The molecule has 5 heteroatoms. The molecule has 1 heterocycles. The Balaban J connectivity index is 1.38. The number of amides is 1. The van der Waals surface area contributed by atoms with Gasteiger partial charge in [0.2, 0.25) is 5.91 Å². The molecule has 1 amide bonds. The predicted octanol–water partition coefficient (Wildman–Crippen LogP) is 1.49. The predicted molar refractivity (Wildman–Crippen MR) is 81.0 cm³/mol. The van der Waals surface area contributed by atoms with E-state index in [1.165, 1.54) is 5.56 Å². The first-order valence-electron chi connectivity index (χ1n) is 7.40. The first-order chi connectivity index (χ1) is 10.3. The van der Waals surface area contributed by atoms with Crippen molar-refractivity contribution in [3.63, 3.8) is 0 Å². The van der Waals surface area contributed by atoms with Crippen LogP contribution in [-0.4, -0.2) is 28.8 Å². The minimum absolute atomic E-state index is 0.209. The summed E-state index contributed by atoms with van der Waals surface area (Å²) in [5, 5.41) is 10.5. The van der Waals surface area contributed by atoms with Gasteiger partial charge in [0, 0.05) is 37.9 Å². The summed E-state index contributed by atoms with van der Waals surface area (Å²) in [6.45, 7) is 2.29. The Morgan fingerprint density at radius 3 is 2.71 bits per heavy atom. The van der Waals surface area contributed by atoms with Crippen LogP contribution in [0.1, 0.15) is 18.4 Å². The highest BCUT2D eigenvalue weighted by molar-refractivity contribution is 5.80. The van der Waals surface area contributed by atoms with E-state index in [9.17, 15) is 4.79 Å². The highest BCUT2D eigenvalue weighted by Gasteiger charge is 2.28. The number of rotatable bonds is 7. The largest absolute Gasteiger partial charge is 0.355 e. The fourth-order valence-corrected chi connectivity index (χ4v) is 2.18. The van der Waals surface area contributed by atoms with E-state index in [0.29, 0.717) is 12.5 Å². The molecule has 0 atom stereocenters. The maximum absolute atomic E-state index is 11.4. The Morgan fingerprint density at radius 2 is 2.05 bits per heavy atom. The van der Waals surface area contributed by atoms with Crippen LogP contribution >= 0.6 is 0 Å². The number of benzene rings is 1. The minimum Gasteiger partial charge on any atom is -0.355 e. The first-order valence-corrected chi connectivity index (χ1v) is 7.40. The van der Waals surface area contributed by atoms with E-state index in [-0.39, 0.29) is 5.91 Å². The zero-order chi connectivity index (χ0) is 14.5. The lowest BCUT2D eigenvalue weighted by Crippen LogP contribution is -2.32. The van der Waals surface area contributed by atoms with Crippen LogP contribution in [0.25, 0.3) is 5.69 Å². The van der Waals surface area contributed by atoms with Gasteiger partial charge in [-0.25, -0.2) is 4.68 Å². The second-order valence-electron chi connectivity index (χ2n) is 5.36. The quantitative estimate of drug-likeness (QED) is 0.757.